The predicted octanol–water partition coefficient (Wildman–Crippen LogP) is 2.80. The lowest BCUT2D eigenvalue weighted by molar-refractivity contribution is -0.133. The van der Waals surface area contributed by atoms with Crippen LogP contribution in [0.3, 0.4) is 0 Å². The lowest BCUT2D eigenvalue weighted by atomic mass is 10.0. The first-order chi connectivity index (χ1) is 11.1. The van der Waals surface area contributed by atoms with Crippen LogP contribution in [-0.2, 0) is 4.79 Å². The van der Waals surface area contributed by atoms with Crippen molar-refractivity contribution in [1.29, 1.82) is 0 Å². The molecule has 1 aromatic carbocycles. The molecule has 2 atom stereocenters. The molecule has 6 heteroatoms. The smallest absolute Gasteiger partial charge is 0.245 e. The number of nitrogens with zero attached hydrogens (tertiary/aromatic N) is 1. The molecule has 0 aliphatic carbocycles. The second kappa shape index (κ2) is 7.32. The number of rotatable bonds is 3. The highest BCUT2D eigenvalue weighted by Crippen LogP contribution is 2.22. The molecule has 0 aromatic heterocycles. The number of anilines is 1. The van der Waals surface area contributed by atoms with E-state index in [4.69, 9.17) is 11.6 Å². The van der Waals surface area contributed by atoms with E-state index in [1.54, 1.807) is 6.07 Å². The Morgan fingerprint density at radius 2 is 2.17 bits per heavy atom. The third-order valence-electron chi connectivity index (χ3n) is 4.34. The highest BCUT2D eigenvalue weighted by Gasteiger charge is 2.30. The van der Waals surface area contributed by atoms with E-state index in [9.17, 15) is 9.18 Å². The van der Waals surface area contributed by atoms with Crippen LogP contribution in [0.15, 0.2) is 30.4 Å². The van der Waals surface area contributed by atoms with Gasteiger partial charge in [-0.05, 0) is 44.0 Å². The van der Waals surface area contributed by atoms with Crippen molar-refractivity contribution in [3.63, 3.8) is 0 Å². The number of carbonyl (C=O) groups excluding carboxylic acids is 1. The number of piperidine rings is 1. The minimum atomic E-state index is -0.412. The summed E-state index contributed by atoms with van der Waals surface area (Å²) in [7, 11) is 0. The third kappa shape index (κ3) is 4.03. The van der Waals surface area contributed by atoms with Crippen molar-refractivity contribution in [3.8, 4) is 0 Å². The van der Waals surface area contributed by atoms with Gasteiger partial charge in [-0.15, -0.1) is 0 Å². The van der Waals surface area contributed by atoms with Gasteiger partial charge in [0, 0.05) is 29.8 Å². The van der Waals surface area contributed by atoms with Gasteiger partial charge in [0.05, 0.1) is 0 Å². The quantitative estimate of drug-likeness (QED) is 0.834. The molecular weight excluding hydrogens is 317 g/mol. The molecule has 2 aliphatic heterocycles. The maximum absolute atomic E-state index is 13.5. The molecule has 1 fully saturated rings. The Kier molecular flexibility index (Phi) is 5.18. The van der Waals surface area contributed by atoms with Crippen molar-refractivity contribution in [2.24, 2.45) is 0 Å². The number of halogens is 2. The SMILES string of the molecule is O=C1[C@H](Nc2cc(F)cc(Cl)c2)CC=CCN1[C@@H]1CCCNC1. The molecule has 2 aliphatic rings. The van der Waals surface area contributed by atoms with E-state index < -0.39 is 11.9 Å². The van der Waals surface area contributed by atoms with Gasteiger partial charge in [-0.3, -0.25) is 4.79 Å². The lowest BCUT2D eigenvalue weighted by Crippen LogP contribution is -2.52. The van der Waals surface area contributed by atoms with Gasteiger partial charge in [0.2, 0.25) is 5.91 Å². The molecule has 3 rings (SSSR count). The Morgan fingerprint density at radius 1 is 1.30 bits per heavy atom. The molecule has 2 heterocycles. The van der Waals surface area contributed by atoms with Crippen LogP contribution in [0.4, 0.5) is 10.1 Å². The maximum atomic E-state index is 13.5. The molecule has 124 valence electrons. The highest BCUT2D eigenvalue weighted by molar-refractivity contribution is 6.30. The van der Waals surface area contributed by atoms with Crippen molar-refractivity contribution in [2.45, 2.75) is 31.3 Å². The minimum absolute atomic E-state index is 0.0593. The lowest BCUT2D eigenvalue weighted by Gasteiger charge is -2.35. The van der Waals surface area contributed by atoms with Crippen LogP contribution >= 0.6 is 11.6 Å². The summed E-state index contributed by atoms with van der Waals surface area (Å²) in [5.74, 6) is -0.353. The van der Waals surface area contributed by atoms with Crippen LogP contribution in [0.25, 0.3) is 0 Å². The zero-order valence-corrected chi connectivity index (χ0v) is 13.7. The molecule has 1 saturated heterocycles. The predicted molar refractivity (Wildman–Crippen MR) is 90.2 cm³/mol. The molecule has 0 unspecified atom stereocenters. The van der Waals surface area contributed by atoms with E-state index in [0.717, 1.165) is 25.9 Å². The van der Waals surface area contributed by atoms with Crippen LogP contribution in [0.5, 0.6) is 0 Å². The first-order valence-electron chi connectivity index (χ1n) is 8.02. The number of amides is 1. The zero-order chi connectivity index (χ0) is 16.2. The molecular formula is C17H21ClFN3O. The Bertz CT molecular complexity index is 581. The summed E-state index contributed by atoms with van der Waals surface area (Å²) in [5, 5.41) is 6.80. The monoisotopic (exact) mass is 337 g/mol. The molecule has 0 bridgehead atoms. The van der Waals surface area contributed by atoms with Crippen LogP contribution in [0.1, 0.15) is 19.3 Å². The summed E-state index contributed by atoms with van der Waals surface area (Å²) >= 11 is 5.89. The van der Waals surface area contributed by atoms with Gasteiger partial charge < -0.3 is 15.5 Å². The molecule has 1 amide bonds. The van der Waals surface area contributed by atoms with Crippen molar-refractivity contribution in [3.05, 3.63) is 41.2 Å². The zero-order valence-electron chi connectivity index (χ0n) is 12.9. The summed E-state index contributed by atoms with van der Waals surface area (Å²) in [6.45, 7) is 2.48. The number of nitrogens with one attached hydrogen (secondary N) is 2. The largest absolute Gasteiger partial charge is 0.373 e. The number of carbonyl (C=O) groups is 1. The summed E-state index contributed by atoms with van der Waals surface area (Å²) < 4.78 is 13.5. The molecule has 0 radical (unpaired) electrons. The average molecular weight is 338 g/mol. The second-order valence-electron chi connectivity index (χ2n) is 6.05. The summed E-state index contributed by atoms with van der Waals surface area (Å²) in [4.78, 5) is 14.8. The van der Waals surface area contributed by atoms with E-state index in [-0.39, 0.29) is 11.9 Å². The summed E-state index contributed by atoms with van der Waals surface area (Å²) in [5.41, 5.74) is 0.533. The van der Waals surface area contributed by atoms with Gasteiger partial charge in [-0.1, -0.05) is 23.8 Å². The normalized spacial score (nSPS) is 25.3. The minimum Gasteiger partial charge on any atom is -0.373 e. The summed E-state index contributed by atoms with van der Waals surface area (Å²) in [6, 6.07) is 4.08. The Labute approximate surface area is 140 Å². The van der Waals surface area contributed by atoms with Gasteiger partial charge in [0.1, 0.15) is 11.9 Å². The third-order valence-corrected chi connectivity index (χ3v) is 4.56. The van der Waals surface area contributed by atoms with E-state index >= 15 is 0 Å². The molecule has 2 N–H and O–H groups in total. The van der Waals surface area contributed by atoms with Crippen LogP contribution in [0.2, 0.25) is 5.02 Å². The van der Waals surface area contributed by atoms with Crippen LogP contribution < -0.4 is 10.6 Å². The van der Waals surface area contributed by atoms with Crippen molar-refractivity contribution in [2.75, 3.05) is 25.0 Å². The molecule has 0 spiro atoms. The van der Waals surface area contributed by atoms with Crippen LogP contribution in [0, 0.1) is 5.82 Å². The van der Waals surface area contributed by atoms with Crippen molar-refractivity contribution < 1.29 is 9.18 Å². The van der Waals surface area contributed by atoms with E-state index in [2.05, 4.69) is 10.6 Å². The Balaban J connectivity index is 1.75. The van der Waals surface area contributed by atoms with E-state index in [1.807, 2.05) is 17.1 Å². The topological polar surface area (TPSA) is 44.4 Å². The fourth-order valence-electron chi connectivity index (χ4n) is 3.20. The molecule has 1 aromatic rings. The van der Waals surface area contributed by atoms with E-state index in [0.29, 0.717) is 23.7 Å². The van der Waals surface area contributed by atoms with Crippen LogP contribution in [-0.4, -0.2) is 42.5 Å². The number of benzene rings is 1. The van der Waals surface area contributed by atoms with Gasteiger partial charge in [-0.25, -0.2) is 4.39 Å². The molecule has 4 nitrogen and oxygen atoms in total. The Morgan fingerprint density at radius 3 is 2.91 bits per heavy atom. The summed E-state index contributed by atoms with van der Waals surface area (Å²) in [6.07, 6.45) is 6.73. The molecule has 0 saturated carbocycles. The standard InChI is InChI=1S/C17H21ClFN3O/c18-12-8-13(19)10-14(9-12)21-16-5-1-2-7-22(17(16)23)15-4-3-6-20-11-15/h1-2,8-10,15-16,20-21H,3-7,11H2/t15-,16-/m1/s1. The fourth-order valence-corrected chi connectivity index (χ4v) is 3.42. The van der Waals surface area contributed by atoms with Crippen molar-refractivity contribution in [1.82, 2.24) is 10.2 Å². The highest BCUT2D eigenvalue weighted by atomic mass is 35.5. The van der Waals surface area contributed by atoms with Gasteiger partial charge in [0.25, 0.3) is 0 Å². The van der Waals surface area contributed by atoms with Gasteiger partial charge in [0.15, 0.2) is 0 Å². The van der Waals surface area contributed by atoms with Crippen molar-refractivity contribution >= 4 is 23.2 Å². The second-order valence-corrected chi connectivity index (χ2v) is 6.49. The first kappa shape index (κ1) is 16.3. The first-order valence-corrected chi connectivity index (χ1v) is 8.40. The fraction of sp³-hybridized carbons (Fsp3) is 0.471. The Hall–Kier alpha value is -1.59. The maximum Gasteiger partial charge on any atom is 0.245 e. The van der Waals surface area contributed by atoms with E-state index in [1.165, 1.54) is 12.1 Å². The number of hydrogen-bond donors (Lipinski definition) is 2. The number of hydrogen-bond acceptors (Lipinski definition) is 3. The molecule has 23 heavy (non-hydrogen) atoms. The van der Waals surface area contributed by atoms with Gasteiger partial charge >= 0.3 is 0 Å². The average Bonchev–Trinajstić information content (AvgIpc) is 2.70. The van der Waals surface area contributed by atoms with Gasteiger partial charge in [-0.2, -0.15) is 0 Å².